The highest BCUT2D eigenvalue weighted by molar-refractivity contribution is 6.35. The second-order valence-electron chi connectivity index (χ2n) is 2.13. The van der Waals surface area contributed by atoms with E-state index >= 15 is 0 Å². The number of rotatable bonds is 1. The molecule has 4 N–H and O–H groups in total. The Morgan fingerprint density at radius 3 is 2.50 bits per heavy atom. The van der Waals surface area contributed by atoms with Gasteiger partial charge in [0.05, 0.1) is 10.7 Å². The first-order chi connectivity index (χ1) is 5.59. The molecule has 0 aromatic heterocycles. The number of halogens is 2. The van der Waals surface area contributed by atoms with E-state index in [1.165, 1.54) is 0 Å². The van der Waals surface area contributed by atoms with E-state index < -0.39 is 0 Å². The van der Waals surface area contributed by atoms with Gasteiger partial charge in [-0.1, -0.05) is 23.2 Å². The molecule has 0 atom stereocenters. The molecule has 12 heavy (non-hydrogen) atoms. The second-order valence-corrected chi connectivity index (χ2v) is 2.98. The van der Waals surface area contributed by atoms with Gasteiger partial charge >= 0.3 is 0 Å². The van der Waals surface area contributed by atoms with Crippen molar-refractivity contribution in [3.63, 3.8) is 0 Å². The maximum absolute atomic E-state index is 5.76. The number of aliphatic imine (C=N–C) groups is 1. The molecule has 0 radical (unpaired) electrons. The van der Waals surface area contributed by atoms with Crippen LogP contribution in [-0.4, -0.2) is 5.96 Å². The summed E-state index contributed by atoms with van der Waals surface area (Å²) in [5, 5.41) is 1.01. The van der Waals surface area contributed by atoms with Gasteiger partial charge in [0.25, 0.3) is 0 Å². The Hall–Kier alpha value is -0.930. The van der Waals surface area contributed by atoms with Crippen molar-refractivity contribution in [3.05, 3.63) is 28.2 Å². The molecule has 0 amide bonds. The molecular formula is C7H7Cl2N3. The van der Waals surface area contributed by atoms with Gasteiger partial charge in [-0.15, -0.1) is 0 Å². The summed E-state index contributed by atoms with van der Waals surface area (Å²) in [7, 11) is 0. The number of hydrogen-bond donors (Lipinski definition) is 2. The van der Waals surface area contributed by atoms with E-state index in [4.69, 9.17) is 34.7 Å². The zero-order chi connectivity index (χ0) is 9.14. The van der Waals surface area contributed by atoms with Crippen molar-refractivity contribution in [1.82, 2.24) is 0 Å². The zero-order valence-electron chi connectivity index (χ0n) is 6.09. The van der Waals surface area contributed by atoms with Gasteiger partial charge < -0.3 is 11.5 Å². The lowest BCUT2D eigenvalue weighted by Crippen LogP contribution is -2.21. The van der Waals surface area contributed by atoms with Gasteiger partial charge in [0.2, 0.25) is 0 Å². The third-order valence-corrected chi connectivity index (χ3v) is 1.71. The molecule has 0 spiro atoms. The summed E-state index contributed by atoms with van der Waals surface area (Å²) in [5.41, 5.74) is 10.8. The van der Waals surface area contributed by atoms with Crippen molar-refractivity contribution < 1.29 is 0 Å². The molecule has 0 aliphatic carbocycles. The van der Waals surface area contributed by atoms with Crippen LogP contribution in [0.15, 0.2) is 23.2 Å². The Morgan fingerprint density at radius 2 is 1.92 bits per heavy atom. The van der Waals surface area contributed by atoms with Gasteiger partial charge in [0, 0.05) is 5.02 Å². The molecule has 0 bridgehead atoms. The third-order valence-electron chi connectivity index (χ3n) is 1.16. The molecule has 1 aromatic carbocycles. The van der Waals surface area contributed by atoms with Gasteiger partial charge in [-0.25, -0.2) is 4.99 Å². The van der Waals surface area contributed by atoms with E-state index in [1.54, 1.807) is 18.2 Å². The average molecular weight is 204 g/mol. The second kappa shape index (κ2) is 3.65. The normalized spacial score (nSPS) is 9.50. The van der Waals surface area contributed by atoms with Crippen LogP contribution < -0.4 is 11.5 Å². The van der Waals surface area contributed by atoms with Crippen LogP contribution in [0.3, 0.4) is 0 Å². The number of guanidine groups is 1. The predicted molar refractivity (Wildman–Crippen MR) is 51.9 cm³/mol. The smallest absolute Gasteiger partial charge is 0.191 e. The summed E-state index contributed by atoms with van der Waals surface area (Å²) >= 11 is 11.5. The van der Waals surface area contributed by atoms with Crippen LogP contribution >= 0.6 is 23.2 Å². The molecule has 0 fully saturated rings. The monoisotopic (exact) mass is 203 g/mol. The van der Waals surface area contributed by atoms with Gasteiger partial charge in [0.15, 0.2) is 5.96 Å². The van der Waals surface area contributed by atoms with Crippen molar-refractivity contribution in [3.8, 4) is 0 Å². The quantitative estimate of drug-likeness (QED) is 0.541. The average Bonchev–Trinajstić information content (AvgIpc) is 1.96. The summed E-state index contributed by atoms with van der Waals surface area (Å²) < 4.78 is 0. The molecule has 0 aliphatic rings. The van der Waals surface area contributed by atoms with Gasteiger partial charge in [-0.3, -0.25) is 0 Å². The van der Waals surface area contributed by atoms with Crippen molar-refractivity contribution in [1.29, 1.82) is 0 Å². The largest absolute Gasteiger partial charge is 0.370 e. The lowest BCUT2D eigenvalue weighted by Gasteiger charge is -1.98. The van der Waals surface area contributed by atoms with Crippen LogP contribution in [0, 0.1) is 0 Å². The number of nitrogens with zero attached hydrogens (tertiary/aromatic N) is 1. The maximum atomic E-state index is 5.76. The minimum atomic E-state index is -0.0424. The Bertz CT molecular complexity index is 318. The van der Waals surface area contributed by atoms with Crippen LogP contribution in [0.25, 0.3) is 0 Å². The molecule has 0 unspecified atom stereocenters. The molecule has 0 aliphatic heterocycles. The summed E-state index contributed by atoms with van der Waals surface area (Å²) in [6.07, 6.45) is 0. The Balaban J connectivity index is 3.14. The van der Waals surface area contributed by atoms with Crippen LogP contribution in [0.1, 0.15) is 0 Å². The van der Waals surface area contributed by atoms with Gasteiger partial charge in [-0.2, -0.15) is 0 Å². The van der Waals surface area contributed by atoms with Crippen molar-refractivity contribution in [2.75, 3.05) is 0 Å². The van der Waals surface area contributed by atoms with Crippen LogP contribution in [-0.2, 0) is 0 Å². The molecule has 64 valence electrons. The number of benzene rings is 1. The summed E-state index contributed by atoms with van der Waals surface area (Å²) in [6.45, 7) is 0. The van der Waals surface area contributed by atoms with Crippen molar-refractivity contribution in [2.24, 2.45) is 16.5 Å². The fourth-order valence-corrected chi connectivity index (χ4v) is 1.04. The Labute approximate surface area is 80.0 Å². The summed E-state index contributed by atoms with van der Waals surface area (Å²) in [5.74, 6) is -0.0424. The van der Waals surface area contributed by atoms with E-state index in [0.29, 0.717) is 15.7 Å². The highest BCUT2D eigenvalue weighted by Gasteiger charge is 1.98. The Kier molecular flexibility index (Phi) is 2.78. The number of nitrogens with two attached hydrogens (primary N) is 2. The fraction of sp³-hybridized carbons (Fsp3) is 0. The minimum Gasteiger partial charge on any atom is -0.370 e. The van der Waals surface area contributed by atoms with Crippen LogP contribution in [0.5, 0.6) is 0 Å². The number of hydrogen-bond acceptors (Lipinski definition) is 1. The van der Waals surface area contributed by atoms with E-state index in [-0.39, 0.29) is 5.96 Å². The lowest BCUT2D eigenvalue weighted by molar-refractivity contribution is 1.42. The van der Waals surface area contributed by atoms with E-state index in [2.05, 4.69) is 4.99 Å². The lowest BCUT2D eigenvalue weighted by atomic mass is 10.3. The Morgan fingerprint density at radius 1 is 1.25 bits per heavy atom. The molecule has 1 rings (SSSR count). The molecule has 0 saturated heterocycles. The van der Waals surface area contributed by atoms with E-state index in [0.717, 1.165) is 0 Å². The highest BCUT2D eigenvalue weighted by Crippen LogP contribution is 2.27. The van der Waals surface area contributed by atoms with Crippen molar-refractivity contribution in [2.45, 2.75) is 0 Å². The third kappa shape index (κ3) is 2.29. The standard InChI is InChI=1S/C7H7Cl2N3/c8-4-1-2-5(9)6(3-4)12-7(10)11/h1-3H,(H4,10,11,12). The zero-order valence-corrected chi connectivity index (χ0v) is 7.60. The fourth-order valence-electron chi connectivity index (χ4n) is 0.711. The first-order valence-electron chi connectivity index (χ1n) is 3.14. The molecule has 0 heterocycles. The summed E-state index contributed by atoms with van der Waals surface area (Å²) in [6, 6.07) is 4.88. The van der Waals surface area contributed by atoms with Gasteiger partial charge in [0.1, 0.15) is 0 Å². The van der Waals surface area contributed by atoms with Crippen LogP contribution in [0.4, 0.5) is 5.69 Å². The highest BCUT2D eigenvalue weighted by atomic mass is 35.5. The molecular weight excluding hydrogens is 197 g/mol. The SMILES string of the molecule is NC(N)=Nc1cc(Cl)ccc1Cl. The maximum Gasteiger partial charge on any atom is 0.191 e. The predicted octanol–water partition coefficient (Wildman–Crippen LogP) is 1.90. The topological polar surface area (TPSA) is 64.4 Å². The molecule has 1 aromatic rings. The minimum absolute atomic E-state index is 0.0424. The molecule has 0 saturated carbocycles. The first kappa shape index (κ1) is 9.16. The van der Waals surface area contributed by atoms with E-state index in [9.17, 15) is 0 Å². The van der Waals surface area contributed by atoms with Crippen molar-refractivity contribution >= 4 is 34.8 Å². The molecule has 3 nitrogen and oxygen atoms in total. The van der Waals surface area contributed by atoms with Crippen LogP contribution in [0.2, 0.25) is 10.0 Å². The van der Waals surface area contributed by atoms with E-state index in [1.807, 2.05) is 0 Å². The summed E-state index contributed by atoms with van der Waals surface area (Å²) in [4.78, 5) is 3.78. The van der Waals surface area contributed by atoms with Gasteiger partial charge in [-0.05, 0) is 18.2 Å². The molecule has 5 heteroatoms. The first-order valence-corrected chi connectivity index (χ1v) is 3.90.